The number of anilines is 1. The summed E-state index contributed by atoms with van der Waals surface area (Å²) in [5.41, 5.74) is 1.71. The van der Waals surface area contributed by atoms with Crippen LogP contribution in [0.15, 0.2) is 21.4 Å². The molecule has 2 aromatic rings. The summed E-state index contributed by atoms with van der Waals surface area (Å²) >= 11 is 6.69. The molecule has 68 valence electrons. The summed E-state index contributed by atoms with van der Waals surface area (Å²) in [7, 11) is 0. The molecule has 0 radical (unpaired) electrons. The van der Waals surface area contributed by atoms with Crippen LogP contribution in [-0.2, 0) is 6.54 Å². The Balaban J connectivity index is 1.97. The van der Waals surface area contributed by atoms with Gasteiger partial charge in [-0.3, -0.25) is 0 Å². The second-order valence-corrected chi connectivity index (χ2v) is 4.98. The first-order chi connectivity index (χ1) is 6.36. The van der Waals surface area contributed by atoms with Crippen LogP contribution in [0.4, 0.5) is 5.13 Å². The molecule has 0 fully saturated rings. The van der Waals surface area contributed by atoms with Gasteiger partial charge in [-0.15, -0.1) is 21.5 Å². The molecule has 0 atom stereocenters. The Labute approximate surface area is 92.0 Å². The fourth-order valence-electron chi connectivity index (χ4n) is 0.857. The minimum atomic E-state index is 0.799. The summed E-state index contributed by atoms with van der Waals surface area (Å²) < 4.78 is 1.15. The first-order valence-electron chi connectivity index (χ1n) is 3.58. The summed E-state index contributed by atoms with van der Waals surface area (Å²) in [6, 6.07) is 2.04. The lowest BCUT2D eigenvalue weighted by atomic mass is 10.5. The highest BCUT2D eigenvalue weighted by Crippen LogP contribution is 2.23. The maximum atomic E-state index is 3.89. The number of hydrogen-bond donors (Lipinski definition) is 1. The molecule has 3 nitrogen and oxygen atoms in total. The maximum Gasteiger partial charge on any atom is 0.205 e. The molecule has 0 spiro atoms. The Morgan fingerprint density at radius 3 is 3.00 bits per heavy atom. The van der Waals surface area contributed by atoms with Crippen molar-refractivity contribution in [3.05, 3.63) is 26.3 Å². The van der Waals surface area contributed by atoms with Crippen LogP contribution in [0.2, 0.25) is 0 Å². The number of rotatable bonds is 3. The van der Waals surface area contributed by atoms with Crippen molar-refractivity contribution in [2.24, 2.45) is 0 Å². The lowest BCUT2D eigenvalue weighted by molar-refractivity contribution is 1.06. The molecule has 2 aromatic heterocycles. The summed E-state index contributed by atoms with van der Waals surface area (Å²) in [5.74, 6) is 0. The van der Waals surface area contributed by atoms with Gasteiger partial charge in [-0.1, -0.05) is 11.3 Å². The quantitative estimate of drug-likeness (QED) is 0.936. The fraction of sp³-hybridized carbons (Fsp3) is 0.143. The third-order valence-electron chi connectivity index (χ3n) is 1.45. The van der Waals surface area contributed by atoms with Crippen LogP contribution < -0.4 is 5.32 Å². The molecule has 0 aliphatic rings. The van der Waals surface area contributed by atoms with Crippen molar-refractivity contribution in [1.82, 2.24) is 10.2 Å². The standard InChI is InChI=1S/C7H6BrN3S2/c8-5-1-2-12-6(5)3-9-7-11-10-4-13-7/h1-2,4H,3H2,(H,9,11). The Hall–Kier alpha value is -0.460. The Morgan fingerprint density at radius 1 is 1.46 bits per heavy atom. The van der Waals surface area contributed by atoms with E-state index in [1.54, 1.807) is 16.8 Å². The number of halogens is 1. The number of nitrogens with zero attached hydrogens (tertiary/aromatic N) is 2. The van der Waals surface area contributed by atoms with Crippen LogP contribution in [0.25, 0.3) is 0 Å². The summed E-state index contributed by atoms with van der Waals surface area (Å²) in [4.78, 5) is 1.27. The molecule has 0 aliphatic heterocycles. The van der Waals surface area contributed by atoms with E-state index in [-0.39, 0.29) is 0 Å². The molecule has 0 saturated heterocycles. The van der Waals surface area contributed by atoms with Crippen LogP contribution >= 0.6 is 38.6 Å². The Bertz CT molecular complexity index is 371. The predicted molar refractivity (Wildman–Crippen MR) is 59.3 cm³/mol. The van der Waals surface area contributed by atoms with Crippen LogP contribution in [0.3, 0.4) is 0 Å². The van der Waals surface area contributed by atoms with Crippen LogP contribution in [0, 0.1) is 0 Å². The van der Waals surface area contributed by atoms with Gasteiger partial charge in [0.25, 0.3) is 0 Å². The SMILES string of the molecule is Brc1ccsc1CNc1nncs1. The molecule has 1 N–H and O–H groups in total. The lowest BCUT2D eigenvalue weighted by Crippen LogP contribution is -1.97. The highest BCUT2D eigenvalue weighted by atomic mass is 79.9. The van der Waals surface area contributed by atoms with Gasteiger partial charge in [0.15, 0.2) is 0 Å². The van der Waals surface area contributed by atoms with Crippen molar-refractivity contribution in [2.75, 3.05) is 5.32 Å². The topological polar surface area (TPSA) is 37.8 Å². The zero-order valence-electron chi connectivity index (χ0n) is 6.53. The average Bonchev–Trinajstić information content (AvgIpc) is 2.72. The van der Waals surface area contributed by atoms with E-state index >= 15 is 0 Å². The average molecular weight is 276 g/mol. The minimum absolute atomic E-state index is 0.799. The van der Waals surface area contributed by atoms with E-state index in [0.717, 1.165) is 16.1 Å². The highest BCUT2D eigenvalue weighted by Gasteiger charge is 2.01. The van der Waals surface area contributed by atoms with Gasteiger partial charge in [-0.05, 0) is 27.4 Å². The molecule has 6 heteroatoms. The Morgan fingerprint density at radius 2 is 2.38 bits per heavy atom. The van der Waals surface area contributed by atoms with E-state index in [4.69, 9.17) is 0 Å². The zero-order valence-corrected chi connectivity index (χ0v) is 9.75. The van der Waals surface area contributed by atoms with Gasteiger partial charge in [0.05, 0.1) is 6.54 Å². The molecular formula is C7H6BrN3S2. The van der Waals surface area contributed by atoms with E-state index < -0.39 is 0 Å². The molecule has 13 heavy (non-hydrogen) atoms. The third-order valence-corrected chi connectivity index (χ3v) is 4.03. The molecule has 0 aromatic carbocycles. The normalized spacial score (nSPS) is 10.2. The van der Waals surface area contributed by atoms with Gasteiger partial charge >= 0.3 is 0 Å². The van der Waals surface area contributed by atoms with Crippen LogP contribution in [0.1, 0.15) is 4.88 Å². The lowest BCUT2D eigenvalue weighted by Gasteiger charge is -1.98. The van der Waals surface area contributed by atoms with E-state index in [0.29, 0.717) is 0 Å². The first-order valence-corrected chi connectivity index (χ1v) is 6.13. The highest BCUT2D eigenvalue weighted by molar-refractivity contribution is 9.10. The molecule has 0 saturated carbocycles. The van der Waals surface area contributed by atoms with Crippen molar-refractivity contribution >= 4 is 43.7 Å². The van der Waals surface area contributed by atoms with E-state index in [1.165, 1.54) is 16.2 Å². The molecule has 0 unspecified atom stereocenters. The summed E-state index contributed by atoms with van der Waals surface area (Å²) in [6.07, 6.45) is 0. The maximum absolute atomic E-state index is 3.89. The van der Waals surface area contributed by atoms with Gasteiger partial charge in [-0.2, -0.15) is 0 Å². The van der Waals surface area contributed by atoms with Crippen molar-refractivity contribution < 1.29 is 0 Å². The number of aromatic nitrogens is 2. The van der Waals surface area contributed by atoms with E-state index in [1.807, 2.05) is 6.07 Å². The van der Waals surface area contributed by atoms with Gasteiger partial charge < -0.3 is 5.32 Å². The van der Waals surface area contributed by atoms with E-state index in [9.17, 15) is 0 Å². The van der Waals surface area contributed by atoms with Crippen LogP contribution in [0.5, 0.6) is 0 Å². The van der Waals surface area contributed by atoms with Crippen molar-refractivity contribution in [2.45, 2.75) is 6.54 Å². The molecule has 2 heterocycles. The van der Waals surface area contributed by atoms with Gasteiger partial charge in [0, 0.05) is 9.35 Å². The number of thiophene rings is 1. The van der Waals surface area contributed by atoms with Gasteiger partial charge in [-0.25, -0.2) is 0 Å². The molecule has 0 bridgehead atoms. The first kappa shape index (κ1) is 9.11. The zero-order chi connectivity index (χ0) is 9.10. The van der Waals surface area contributed by atoms with Gasteiger partial charge in [0.1, 0.15) is 5.51 Å². The second kappa shape index (κ2) is 4.17. The molecule has 0 amide bonds. The molecule has 0 aliphatic carbocycles. The second-order valence-electron chi connectivity index (χ2n) is 2.29. The summed E-state index contributed by atoms with van der Waals surface area (Å²) in [6.45, 7) is 0.799. The number of nitrogens with one attached hydrogen (secondary N) is 1. The largest absolute Gasteiger partial charge is 0.355 e. The Kier molecular flexibility index (Phi) is 2.92. The van der Waals surface area contributed by atoms with Crippen molar-refractivity contribution in [1.29, 1.82) is 0 Å². The number of hydrogen-bond acceptors (Lipinski definition) is 5. The van der Waals surface area contributed by atoms with Crippen LogP contribution in [-0.4, -0.2) is 10.2 Å². The fourth-order valence-corrected chi connectivity index (χ4v) is 2.73. The molecular weight excluding hydrogens is 270 g/mol. The minimum Gasteiger partial charge on any atom is -0.355 e. The van der Waals surface area contributed by atoms with Gasteiger partial charge in [0.2, 0.25) is 5.13 Å². The van der Waals surface area contributed by atoms with E-state index in [2.05, 4.69) is 36.8 Å². The van der Waals surface area contributed by atoms with Crippen molar-refractivity contribution in [3.63, 3.8) is 0 Å². The smallest absolute Gasteiger partial charge is 0.205 e. The summed E-state index contributed by atoms with van der Waals surface area (Å²) in [5, 5.41) is 13.7. The van der Waals surface area contributed by atoms with Crippen molar-refractivity contribution in [3.8, 4) is 0 Å². The molecule has 2 rings (SSSR count). The predicted octanol–water partition coefficient (Wildman–Crippen LogP) is 2.97. The monoisotopic (exact) mass is 275 g/mol. The third kappa shape index (κ3) is 2.26.